The first kappa shape index (κ1) is 20.2. The predicted octanol–water partition coefficient (Wildman–Crippen LogP) is 6.68. The minimum atomic E-state index is 0.0402. The summed E-state index contributed by atoms with van der Waals surface area (Å²) in [5.74, 6) is 0.122. The van der Waals surface area contributed by atoms with Gasteiger partial charge in [-0.15, -0.1) is 10.2 Å². The summed E-state index contributed by atoms with van der Waals surface area (Å²) in [5.41, 5.74) is 1.71. The Morgan fingerprint density at radius 1 is 0.846 bits per heavy atom. The highest BCUT2D eigenvalue weighted by atomic mass is 79.9. The highest BCUT2D eigenvalue weighted by Crippen LogP contribution is 2.35. The van der Waals surface area contributed by atoms with Crippen LogP contribution < -0.4 is 4.90 Å². The second-order valence-electron chi connectivity index (χ2n) is 6.20. The van der Waals surface area contributed by atoms with E-state index in [4.69, 9.17) is 0 Å². The smallest absolute Gasteiger partial charge is 0.145 e. The van der Waals surface area contributed by atoms with Crippen LogP contribution in [-0.2, 0) is 0 Å². The number of phenolic OH excluding ortho intramolecular Hbond substituents is 2. The van der Waals surface area contributed by atoms with Crippen molar-refractivity contribution < 1.29 is 10.2 Å². The molecule has 2 N–H and O–H groups in total. The Hall–Kier alpha value is -2.08. The molecule has 0 aromatic heterocycles. The summed E-state index contributed by atoms with van der Waals surface area (Å²) in [5, 5.41) is 28.3. The molecule has 0 atom stereocenters. The number of hydrogen-bond donors (Lipinski definition) is 2. The molecule has 0 unspecified atom stereocenters. The minimum Gasteiger partial charge on any atom is -0.506 e. The number of hydrogen-bond acceptors (Lipinski definition) is 5. The van der Waals surface area contributed by atoms with Crippen molar-refractivity contribution in [3.8, 4) is 11.5 Å². The lowest BCUT2D eigenvalue weighted by atomic mass is 10.2. The maximum atomic E-state index is 10.3. The molecule has 0 fully saturated rings. The van der Waals surface area contributed by atoms with Gasteiger partial charge in [-0.1, -0.05) is 42.6 Å². The zero-order valence-corrected chi connectivity index (χ0v) is 16.9. The van der Waals surface area contributed by atoms with E-state index in [-0.39, 0.29) is 11.5 Å². The number of phenols is 2. The number of rotatable bonds is 9. The number of anilines is 1. The summed E-state index contributed by atoms with van der Waals surface area (Å²) in [6.45, 7) is 6.30. The Labute approximate surface area is 163 Å². The van der Waals surface area contributed by atoms with Crippen LogP contribution in [0.4, 0.5) is 17.1 Å². The molecule has 0 radical (unpaired) electrons. The van der Waals surface area contributed by atoms with Gasteiger partial charge in [-0.2, -0.15) is 0 Å². The average molecular weight is 420 g/mol. The normalized spacial score (nSPS) is 11.2. The highest BCUT2D eigenvalue weighted by Gasteiger charge is 2.09. The molecule has 0 heterocycles. The molecule has 0 aliphatic carbocycles. The molecule has 0 aliphatic heterocycles. The fourth-order valence-corrected chi connectivity index (χ4v) is 2.89. The van der Waals surface area contributed by atoms with Crippen molar-refractivity contribution in [2.45, 2.75) is 39.5 Å². The van der Waals surface area contributed by atoms with E-state index >= 15 is 0 Å². The Morgan fingerprint density at radius 3 is 2.12 bits per heavy atom. The Kier molecular flexibility index (Phi) is 7.91. The van der Waals surface area contributed by atoms with E-state index in [2.05, 4.69) is 44.9 Å². The zero-order valence-electron chi connectivity index (χ0n) is 15.3. The van der Waals surface area contributed by atoms with E-state index in [9.17, 15) is 10.2 Å². The number of aromatic hydroxyl groups is 2. The van der Waals surface area contributed by atoms with E-state index in [1.165, 1.54) is 0 Å². The van der Waals surface area contributed by atoms with E-state index in [0.29, 0.717) is 11.4 Å². The maximum absolute atomic E-state index is 10.3. The fraction of sp³-hybridized carbons (Fsp3) is 0.400. The van der Waals surface area contributed by atoms with Crippen LogP contribution in [0, 0.1) is 0 Å². The SMILES string of the molecule is CCCCN(CCCC)c1ccc(N=Nc2cc(Br)ccc2O)c(O)c1. The third-order valence-corrected chi connectivity index (χ3v) is 4.58. The molecule has 6 heteroatoms. The quantitative estimate of drug-likeness (QED) is 0.445. The van der Waals surface area contributed by atoms with Gasteiger partial charge in [0, 0.05) is 29.3 Å². The number of nitrogens with zero attached hydrogens (tertiary/aromatic N) is 3. The number of halogens is 1. The van der Waals surface area contributed by atoms with Gasteiger partial charge < -0.3 is 15.1 Å². The first-order chi connectivity index (χ1) is 12.5. The molecule has 0 saturated carbocycles. The van der Waals surface area contributed by atoms with Gasteiger partial charge in [0.1, 0.15) is 22.9 Å². The van der Waals surface area contributed by atoms with E-state index in [1.807, 2.05) is 6.07 Å². The summed E-state index contributed by atoms with van der Waals surface area (Å²) in [7, 11) is 0. The number of azo groups is 1. The molecule has 0 saturated heterocycles. The molecule has 26 heavy (non-hydrogen) atoms. The van der Waals surface area contributed by atoms with E-state index in [0.717, 1.165) is 48.9 Å². The molecule has 2 rings (SSSR count). The van der Waals surface area contributed by atoms with Gasteiger partial charge in [0.05, 0.1) is 0 Å². The molecule has 0 spiro atoms. The van der Waals surface area contributed by atoms with Crippen LogP contribution in [0.2, 0.25) is 0 Å². The molecule has 2 aromatic carbocycles. The van der Waals surface area contributed by atoms with Crippen LogP contribution in [0.15, 0.2) is 51.1 Å². The lowest BCUT2D eigenvalue weighted by molar-refractivity contribution is 0.473. The zero-order chi connectivity index (χ0) is 18.9. The topological polar surface area (TPSA) is 68.4 Å². The minimum absolute atomic E-state index is 0.0402. The highest BCUT2D eigenvalue weighted by molar-refractivity contribution is 9.10. The molecule has 0 amide bonds. The van der Waals surface area contributed by atoms with Gasteiger partial charge in [-0.3, -0.25) is 0 Å². The molecular formula is C20H26BrN3O2. The maximum Gasteiger partial charge on any atom is 0.145 e. The van der Waals surface area contributed by atoms with Crippen molar-refractivity contribution in [3.63, 3.8) is 0 Å². The van der Waals surface area contributed by atoms with Crippen molar-refractivity contribution >= 4 is 33.0 Å². The first-order valence-electron chi connectivity index (χ1n) is 9.03. The van der Waals surface area contributed by atoms with Gasteiger partial charge in [0.15, 0.2) is 0 Å². The summed E-state index contributed by atoms with van der Waals surface area (Å²) >= 11 is 3.34. The molecule has 140 valence electrons. The third-order valence-electron chi connectivity index (χ3n) is 4.09. The van der Waals surface area contributed by atoms with Crippen LogP contribution >= 0.6 is 15.9 Å². The molecule has 2 aromatic rings. The van der Waals surface area contributed by atoms with Crippen LogP contribution in [0.1, 0.15) is 39.5 Å². The summed E-state index contributed by atoms with van der Waals surface area (Å²) in [6, 6.07) is 10.4. The van der Waals surface area contributed by atoms with Crippen LogP contribution in [0.3, 0.4) is 0 Å². The lowest BCUT2D eigenvalue weighted by Gasteiger charge is -2.25. The van der Waals surface area contributed by atoms with Crippen LogP contribution in [0.5, 0.6) is 11.5 Å². The average Bonchev–Trinajstić information content (AvgIpc) is 2.63. The van der Waals surface area contributed by atoms with E-state index < -0.39 is 0 Å². The number of unbranched alkanes of at least 4 members (excludes halogenated alkanes) is 2. The van der Waals surface area contributed by atoms with Gasteiger partial charge in [-0.05, 0) is 43.2 Å². The lowest BCUT2D eigenvalue weighted by Crippen LogP contribution is -2.25. The Bertz CT molecular complexity index is 742. The standard InChI is InChI=1S/C20H26BrN3O2/c1-3-5-11-24(12-6-4-2)16-8-9-17(20(26)14-16)22-23-18-13-15(21)7-10-19(18)25/h7-10,13-14,25-26H,3-6,11-12H2,1-2H3. The summed E-state index contributed by atoms with van der Waals surface area (Å²) < 4.78 is 0.798. The Morgan fingerprint density at radius 2 is 1.50 bits per heavy atom. The summed E-state index contributed by atoms with van der Waals surface area (Å²) in [6.07, 6.45) is 4.51. The molecule has 0 aliphatic rings. The van der Waals surface area contributed by atoms with Gasteiger partial charge in [0.25, 0.3) is 0 Å². The van der Waals surface area contributed by atoms with Crippen molar-refractivity contribution in [2.75, 3.05) is 18.0 Å². The van der Waals surface area contributed by atoms with Crippen LogP contribution in [-0.4, -0.2) is 23.3 Å². The fourth-order valence-electron chi connectivity index (χ4n) is 2.55. The van der Waals surface area contributed by atoms with Crippen molar-refractivity contribution in [1.82, 2.24) is 0 Å². The van der Waals surface area contributed by atoms with Gasteiger partial charge >= 0.3 is 0 Å². The molecular weight excluding hydrogens is 394 g/mol. The predicted molar refractivity (Wildman–Crippen MR) is 110 cm³/mol. The van der Waals surface area contributed by atoms with E-state index in [1.54, 1.807) is 30.3 Å². The second kappa shape index (κ2) is 10.2. The van der Waals surface area contributed by atoms with Crippen molar-refractivity contribution in [2.24, 2.45) is 10.2 Å². The van der Waals surface area contributed by atoms with Crippen molar-refractivity contribution in [1.29, 1.82) is 0 Å². The van der Waals surface area contributed by atoms with Crippen molar-refractivity contribution in [3.05, 3.63) is 40.9 Å². The van der Waals surface area contributed by atoms with Gasteiger partial charge in [0.2, 0.25) is 0 Å². The monoisotopic (exact) mass is 419 g/mol. The largest absolute Gasteiger partial charge is 0.506 e. The summed E-state index contributed by atoms with van der Waals surface area (Å²) in [4.78, 5) is 2.30. The number of benzene rings is 2. The molecule has 0 bridgehead atoms. The third kappa shape index (κ3) is 5.73. The second-order valence-corrected chi connectivity index (χ2v) is 7.12. The van der Waals surface area contributed by atoms with Crippen LogP contribution in [0.25, 0.3) is 0 Å². The Balaban J connectivity index is 2.19. The first-order valence-corrected chi connectivity index (χ1v) is 9.82. The van der Waals surface area contributed by atoms with Gasteiger partial charge in [-0.25, -0.2) is 0 Å². The molecule has 5 nitrogen and oxygen atoms in total.